The summed E-state index contributed by atoms with van der Waals surface area (Å²) >= 11 is 0. The van der Waals surface area contributed by atoms with Crippen LogP contribution in [-0.2, 0) is 4.79 Å². The van der Waals surface area contributed by atoms with Gasteiger partial charge >= 0.3 is 12.1 Å². The molecule has 88 valence electrons. The number of halogens is 3. The van der Waals surface area contributed by atoms with Gasteiger partial charge in [0.1, 0.15) is 11.5 Å². The molecule has 0 unspecified atom stereocenters. The highest BCUT2D eigenvalue weighted by Crippen LogP contribution is 2.22. The minimum atomic E-state index is -4.37. The third-order valence-electron chi connectivity index (χ3n) is 1.68. The summed E-state index contributed by atoms with van der Waals surface area (Å²) in [5, 5.41) is 8.91. The van der Waals surface area contributed by atoms with Crippen molar-refractivity contribution in [1.82, 2.24) is 0 Å². The Morgan fingerprint density at radius 2 is 1.81 bits per heavy atom. The zero-order chi connectivity index (χ0) is 12.2. The molecule has 0 aliphatic heterocycles. The maximum Gasteiger partial charge on any atom is 0.389 e. The molecule has 0 aliphatic carbocycles. The largest absolute Gasteiger partial charge is 0.508 e. The van der Waals surface area contributed by atoms with Crippen LogP contribution in [0.1, 0.15) is 12.8 Å². The summed E-state index contributed by atoms with van der Waals surface area (Å²) < 4.78 is 39.9. The minimum absolute atomic E-state index is 0.0184. The van der Waals surface area contributed by atoms with Gasteiger partial charge in [0.25, 0.3) is 0 Å². The second-order valence-corrected chi connectivity index (χ2v) is 3.08. The Hall–Kier alpha value is -1.72. The van der Waals surface area contributed by atoms with Crippen LogP contribution >= 0.6 is 0 Å². The van der Waals surface area contributed by atoms with E-state index in [-0.39, 0.29) is 11.5 Å². The van der Waals surface area contributed by atoms with Gasteiger partial charge in [-0.05, 0) is 24.3 Å². The molecule has 0 radical (unpaired) electrons. The zero-order valence-electron chi connectivity index (χ0n) is 8.12. The molecule has 0 amide bonds. The van der Waals surface area contributed by atoms with Crippen LogP contribution in [0.2, 0.25) is 0 Å². The van der Waals surface area contributed by atoms with E-state index in [1.165, 1.54) is 24.3 Å². The summed E-state index contributed by atoms with van der Waals surface area (Å²) in [7, 11) is 0. The van der Waals surface area contributed by atoms with E-state index in [4.69, 9.17) is 5.11 Å². The highest BCUT2D eigenvalue weighted by molar-refractivity contribution is 5.72. The fourth-order valence-corrected chi connectivity index (χ4v) is 0.940. The predicted octanol–water partition coefficient (Wildman–Crippen LogP) is 2.64. The lowest BCUT2D eigenvalue weighted by Gasteiger charge is -2.06. The van der Waals surface area contributed by atoms with Crippen LogP contribution in [0, 0.1) is 0 Å². The molecule has 0 fully saturated rings. The molecule has 0 aromatic heterocycles. The first-order valence-corrected chi connectivity index (χ1v) is 4.43. The third-order valence-corrected chi connectivity index (χ3v) is 1.68. The number of rotatable bonds is 3. The highest BCUT2D eigenvalue weighted by atomic mass is 19.4. The summed E-state index contributed by atoms with van der Waals surface area (Å²) in [5.74, 6) is -0.872. The summed E-state index contributed by atoms with van der Waals surface area (Å²) in [4.78, 5) is 11.0. The van der Waals surface area contributed by atoms with E-state index in [1.54, 1.807) is 0 Å². The van der Waals surface area contributed by atoms with E-state index in [0.29, 0.717) is 0 Å². The molecule has 16 heavy (non-hydrogen) atoms. The van der Waals surface area contributed by atoms with Crippen molar-refractivity contribution in [2.24, 2.45) is 0 Å². The normalized spacial score (nSPS) is 11.2. The van der Waals surface area contributed by atoms with Gasteiger partial charge in [0, 0.05) is 0 Å². The summed E-state index contributed by atoms with van der Waals surface area (Å²) in [5.41, 5.74) is 0. The number of carbonyl (C=O) groups is 1. The smallest absolute Gasteiger partial charge is 0.389 e. The van der Waals surface area contributed by atoms with Crippen molar-refractivity contribution in [3.8, 4) is 11.5 Å². The van der Waals surface area contributed by atoms with Crippen molar-refractivity contribution in [2.75, 3.05) is 0 Å². The second kappa shape index (κ2) is 4.87. The van der Waals surface area contributed by atoms with Crippen LogP contribution in [0.3, 0.4) is 0 Å². The fourth-order valence-electron chi connectivity index (χ4n) is 0.940. The van der Waals surface area contributed by atoms with Crippen LogP contribution in [0.15, 0.2) is 24.3 Å². The monoisotopic (exact) mass is 234 g/mol. The molecule has 1 aromatic carbocycles. The van der Waals surface area contributed by atoms with Crippen LogP contribution in [0.25, 0.3) is 0 Å². The maximum atomic E-state index is 11.8. The molecule has 0 saturated heterocycles. The van der Waals surface area contributed by atoms with E-state index in [0.717, 1.165) is 0 Å². The van der Waals surface area contributed by atoms with E-state index in [1.807, 2.05) is 0 Å². The first kappa shape index (κ1) is 12.4. The van der Waals surface area contributed by atoms with Gasteiger partial charge < -0.3 is 9.84 Å². The van der Waals surface area contributed by atoms with Crippen molar-refractivity contribution < 1.29 is 27.8 Å². The lowest BCUT2D eigenvalue weighted by atomic mass is 10.3. The van der Waals surface area contributed by atoms with E-state index in [2.05, 4.69) is 4.74 Å². The Morgan fingerprint density at radius 3 is 2.31 bits per heavy atom. The Bertz CT molecular complexity index is 357. The van der Waals surface area contributed by atoms with E-state index < -0.39 is 25.0 Å². The average molecular weight is 234 g/mol. The van der Waals surface area contributed by atoms with E-state index in [9.17, 15) is 18.0 Å². The molecule has 1 aromatic rings. The van der Waals surface area contributed by atoms with Gasteiger partial charge in [0.05, 0.1) is 12.8 Å². The van der Waals surface area contributed by atoms with Crippen molar-refractivity contribution in [3.63, 3.8) is 0 Å². The highest BCUT2D eigenvalue weighted by Gasteiger charge is 2.28. The molecule has 3 nitrogen and oxygen atoms in total. The summed E-state index contributed by atoms with van der Waals surface area (Å²) in [6, 6.07) is 5.13. The van der Waals surface area contributed by atoms with Crippen molar-refractivity contribution >= 4 is 5.97 Å². The lowest BCUT2D eigenvalue weighted by Crippen LogP contribution is -2.14. The Balaban J connectivity index is 2.43. The second-order valence-electron chi connectivity index (χ2n) is 3.08. The predicted molar refractivity (Wildman–Crippen MR) is 49.0 cm³/mol. The molecule has 6 heteroatoms. The minimum Gasteiger partial charge on any atom is -0.508 e. The molecular weight excluding hydrogens is 225 g/mol. The molecule has 0 heterocycles. The van der Waals surface area contributed by atoms with Crippen LogP contribution < -0.4 is 4.74 Å². The zero-order valence-corrected chi connectivity index (χ0v) is 8.12. The lowest BCUT2D eigenvalue weighted by molar-refractivity contribution is -0.151. The van der Waals surface area contributed by atoms with Gasteiger partial charge in [0.2, 0.25) is 0 Å². The molecule has 0 saturated carbocycles. The molecule has 1 N–H and O–H groups in total. The van der Waals surface area contributed by atoms with Crippen LogP contribution in [-0.4, -0.2) is 17.3 Å². The number of alkyl halides is 3. The van der Waals surface area contributed by atoms with Crippen LogP contribution in [0.5, 0.6) is 11.5 Å². The van der Waals surface area contributed by atoms with Crippen molar-refractivity contribution in [1.29, 1.82) is 0 Å². The van der Waals surface area contributed by atoms with Crippen LogP contribution in [0.4, 0.5) is 13.2 Å². The van der Waals surface area contributed by atoms with Gasteiger partial charge in [-0.15, -0.1) is 0 Å². The Morgan fingerprint density at radius 1 is 1.25 bits per heavy atom. The number of benzene rings is 1. The van der Waals surface area contributed by atoms with Gasteiger partial charge in [-0.25, -0.2) is 0 Å². The van der Waals surface area contributed by atoms with Gasteiger partial charge in [-0.2, -0.15) is 13.2 Å². The number of phenols is 1. The van der Waals surface area contributed by atoms with Crippen molar-refractivity contribution in [2.45, 2.75) is 19.0 Å². The standard InChI is InChI=1S/C10H9F3O3/c11-10(12,13)6-5-9(15)16-8-3-1-7(14)2-4-8/h1-4,14H,5-6H2. The average Bonchev–Trinajstić information content (AvgIpc) is 2.18. The number of carbonyl (C=O) groups excluding carboxylic acids is 1. The first-order valence-electron chi connectivity index (χ1n) is 4.43. The topological polar surface area (TPSA) is 46.5 Å². The molecule has 0 atom stereocenters. The number of ether oxygens (including phenoxy) is 1. The number of aromatic hydroxyl groups is 1. The number of hydrogen-bond donors (Lipinski definition) is 1. The van der Waals surface area contributed by atoms with Gasteiger partial charge in [0.15, 0.2) is 0 Å². The maximum absolute atomic E-state index is 11.8. The van der Waals surface area contributed by atoms with Gasteiger partial charge in [-0.1, -0.05) is 0 Å². The number of esters is 1. The molecule has 0 aliphatic rings. The number of hydrogen-bond acceptors (Lipinski definition) is 3. The Labute approximate surface area is 89.5 Å². The first-order chi connectivity index (χ1) is 7.37. The third kappa shape index (κ3) is 4.68. The number of phenolic OH excluding ortho intramolecular Hbond substituents is 1. The summed E-state index contributed by atoms with van der Waals surface area (Å²) in [6.07, 6.45) is -6.29. The van der Waals surface area contributed by atoms with E-state index >= 15 is 0 Å². The Kier molecular flexibility index (Phi) is 3.76. The van der Waals surface area contributed by atoms with Gasteiger partial charge in [-0.3, -0.25) is 4.79 Å². The molecule has 1 rings (SSSR count). The summed E-state index contributed by atoms with van der Waals surface area (Å²) in [6.45, 7) is 0. The molecular formula is C10H9F3O3. The SMILES string of the molecule is O=C(CCC(F)(F)F)Oc1ccc(O)cc1. The quantitative estimate of drug-likeness (QED) is 0.646. The fraction of sp³-hybridized carbons (Fsp3) is 0.300. The van der Waals surface area contributed by atoms with Crippen molar-refractivity contribution in [3.05, 3.63) is 24.3 Å². The molecule has 0 spiro atoms. The molecule has 0 bridgehead atoms.